The Morgan fingerprint density at radius 3 is 1.52 bits per heavy atom. The number of likely N-dealkylation sites (N-methyl/N-ethyl adjacent to an activating group) is 1. The molecule has 0 aromatic rings. The zero-order valence-electron chi connectivity index (χ0n) is 21.1. The highest BCUT2D eigenvalue weighted by Crippen LogP contribution is 2.13. The van der Waals surface area contributed by atoms with Crippen LogP contribution < -0.4 is 0 Å². The number of hydrogen-bond acceptors (Lipinski definition) is 4. The van der Waals surface area contributed by atoms with Crippen LogP contribution in [0.15, 0.2) is 0 Å². The van der Waals surface area contributed by atoms with Crippen molar-refractivity contribution in [1.29, 1.82) is 0 Å². The Kier molecular flexibility index (Phi) is 21.1. The third kappa shape index (κ3) is 21.7. The van der Waals surface area contributed by atoms with Crippen molar-refractivity contribution in [2.45, 2.75) is 124 Å². The van der Waals surface area contributed by atoms with Crippen molar-refractivity contribution in [2.24, 2.45) is 5.92 Å². The fourth-order valence-electron chi connectivity index (χ4n) is 3.49. The van der Waals surface area contributed by atoms with Gasteiger partial charge in [0.25, 0.3) is 0 Å². The molecule has 0 saturated carbocycles. The number of unbranched alkanes of at least 4 members (excludes halogenated alkanes) is 15. The summed E-state index contributed by atoms with van der Waals surface area (Å²) >= 11 is 0. The maximum atomic E-state index is 11.8. The van der Waals surface area contributed by atoms with E-state index in [1.54, 1.807) is 7.05 Å². The van der Waals surface area contributed by atoms with Crippen LogP contribution in [0.5, 0.6) is 0 Å². The van der Waals surface area contributed by atoms with E-state index in [1.165, 1.54) is 94.8 Å². The second-order valence-corrected chi connectivity index (χ2v) is 9.35. The standard InChI is InChI=1S/C26H51NO4/c1-5-6-7-8-9-10-11-12-13-14-15-16-17-18-19-20-21-30-25(28)22-27(4)26(29)31-23-24(2)3/h24H,5-23H2,1-4H3. The Bertz CT molecular complexity index is 426. The minimum atomic E-state index is -0.479. The van der Waals surface area contributed by atoms with Crippen LogP contribution >= 0.6 is 0 Å². The van der Waals surface area contributed by atoms with Crippen LogP contribution in [0.3, 0.4) is 0 Å². The average Bonchev–Trinajstić information content (AvgIpc) is 2.74. The molecular weight excluding hydrogens is 390 g/mol. The summed E-state index contributed by atoms with van der Waals surface area (Å²) < 4.78 is 10.3. The van der Waals surface area contributed by atoms with Gasteiger partial charge in [-0.1, -0.05) is 117 Å². The van der Waals surface area contributed by atoms with E-state index in [4.69, 9.17) is 9.47 Å². The number of rotatable bonds is 21. The van der Waals surface area contributed by atoms with Crippen LogP contribution in [0.25, 0.3) is 0 Å². The predicted octanol–water partition coefficient (Wildman–Crippen LogP) is 7.52. The maximum Gasteiger partial charge on any atom is 0.410 e. The predicted molar refractivity (Wildman–Crippen MR) is 129 cm³/mol. The van der Waals surface area contributed by atoms with E-state index >= 15 is 0 Å². The molecule has 184 valence electrons. The Balaban J connectivity index is 3.33. The largest absolute Gasteiger partial charge is 0.464 e. The van der Waals surface area contributed by atoms with E-state index in [2.05, 4.69) is 6.92 Å². The molecule has 31 heavy (non-hydrogen) atoms. The minimum absolute atomic E-state index is 0.0597. The molecule has 0 aromatic heterocycles. The van der Waals surface area contributed by atoms with Crippen LogP contribution in [0, 0.1) is 5.92 Å². The monoisotopic (exact) mass is 441 g/mol. The molecule has 0 radical (unpaired) electrons. The zero-order chi connectivity index (χ0) is 23.2. The normalized spacial score (nSPS) is 11.0. The molecule has 5 heteroatoms. The van der Waals surface area contributed by atoms with Gasteiger partial charge in [0.2, 0.25) is 0 Å². The summed E-state index contributed by atoms with van der Waals surface area (Å²) in [4.78, 5) is 24.8. The van der Waals surface area contributed by atoms with Crippen molar-refractivity contribution in [3.63, 3.8) is 0 Å². The van der Waals surface area contributed by atoms with Gasteiger partial charge in [-0.25, -0.2) is 4.79 Å². The van der Waals surface area contributed by atoms with E-state index < -0.39 is 6.09 Å². The molecule has 0 spiro atoms. The number of hydrogen-bond donors (Lipinski definition) is 0. The molecule has 0 aliphatic heterocycles. The fourth-order valence-corrected chi connectivity index (χ4v) is 3.49. The number of ether oxygens (including phenoxy) is 2. The number of esters is 1. The van der Waals surface area contributed by atoms with Crippen molar-refractivity contribution >= 4 is 12.1 Å². The van der Waals surface area contributed by atoms with E-state index in [9.17, 15) is 9.59 Å². The SMILES string of the molecule is CCCCCCCCCCCCCCCCCCOC(=O)CN(C)C(=O)OCC(C)C. The van der Waals surface area contributed by atoms with Gasteiger partial charge >= 0.3 is 12.1 Å². The molecular formula is C26H51NO4. The number of carbonyl (C=O) groups excluding carboxylic acids is 2. The molecule has 0 aliphatic rings. The lowest BCUT2D eigenvalue weighted by atomic mass is 10.0. The second-order valence-electron chi connectivity index (χ2n) is 9.35. The molecule has 1 amide bonds. The highest BCUT2D eigenvalue weighted by Gasteiger charge is 2.15. The van der Waals surface area contributed by atoms with Gasteiger partial charge in [0.1, 0.15) is 6.54 Å². The molecule has 0 atom stereocenters. The van der Waals surface area contributed by atoms with Crippen molar-refractivity contribution in [1.82, 2.24) is 4.90 Å². The van der Waals surface area contributed by atoms with Gasteiger partial charge in [-0.3, -0.25) is 4.79 Å². The van der Waals surface area contributed by atoms with E-state index in [-0.39, 0.29) is 18.4 Å². The lowest BCUT2D eigenvalue weighted by Gasteiger charge is -2.17. The van der Waals surface area contributed by atoms with Gasteiger partial charge in [0, 0.05) is 7.05 Å². The second kappa shape index (κ2) is 22.0. The molecule has 0 N–H and O–H groups in total. The molecule has 0 aromatic carbocycles. The van der Waals surface area contributed by atoms with Gasteiger partial charge in [-0.2, -0.15) is 0 Å². The summed E-state index contributed by atoms with van der Waals surface area (Å²) in [6.45, 7) is 6.95. The molecule has 0 aliphatic carbocycles. The maximum absolute atomic E-state index is 11.8. The first-order chi connectivity index (χ1) is 15.0. The summed E-state index contributed by atoms with van der Waals surface area (Å²) in [5.41, 5.74) is 0. The van der Waals surface area contributed by atoms with Crippen LogP contribution in [-0.2, 0) is 14.3 Å². The van der Waals surface area contributed by atoms with Crippen LogP contribution in [-0.4, -0.2) is 43.8 Å². The van der Waals surface area contributed by atoms with Crippen LogP contribution in [0.1, 0.15) is 124 Å². The molecule has 0 heterocycles. The third-order valence-corrected chi connectivity index (χ3v) is 5.48. The summed E-state index contributed by atoms with van der Waals surface area (Å²) in [6.07, 6.45) is 20.7. The van der Waals surface area contributed by atoms with Crippen molar-refractivity contribution in [2.75, 3.05) is 26.8 Å². The minimum Gasteiger partial charge on any atom is -0.464 e. The number of nitrogens with zero attached hydrogens (tertiary/aromatic N) is 1. The molecule has 0 rings (SSSR count). The fraction of sp³-hybridized carbons (Fsp3) is 0.923. The Hall–Kier alpha value is -1.26. The highest BCUT2D eigenvalue weighted by molar-refractivity contribution is 5.77. The van der Waals surface area contributed by atoms with Crippen molar-refractivity contribution < 1.29 is 19.1 Å². The Morgan fingerprint density at radius 1 is 0.677 bits per heavy atom. The zero-order valence-corrected chi connectivity index (χ0v) is 21.1. The van der Waals surface area contributed by atoms with E-state index in [0.29, 0.717) is 13.2 Å². The summed E-state index contributed by atoms with van der Waals surface area (Å²) in [7, 11) is 1.55. The lowest BCUT2D eigenvalue weighted by Crippen LogP contribution is -2.34. The third-order valence-electron chi connectivity index (χ3n) is 5.48. The Labute approximate surface area is 192 Å². The first-order valence-corrected chi connectivity index (χ1v) is 13.0. The van der Waals surface area contributed by atoms with E-state index in [1.807, 2.05) is 13.8 Å². The smallest absolute Gasteiger partial charge is 0.410 e. The van der Waals surface area contributed by atoms with Crippen molar-refractivity contribution in [3.8, 4) is 0 Å². The van der Waals surface area contributed by atoms with Crippen LogP contribution in [0.4, 0.5) is 4.79 Å². The molecule has 5 nitrogen and oxygen atoms in total. The summed E-state index contributed by atoms with van der Waals surface area (Å²) in [6, 6.07) is 0. The molecule has 0 fully saturated rings. The van der Waals surface area contributed by atoms with Gasteiger partial charge in [-0.05, 0) is 12.3 Å². The summed E-state index contributed by atoms with van der Waals surface area (Å²) in [5, 5.41) is 0. The van der Waals surface area contributed by atoms with Gasteiger partial charge < -0.3 is 14.4 Å². The van der Waals surface area contributed by atoms with Crippen molar-refractivity contribution in [3.05, 3.63) is 0 Å². The van der Waals surface area contributed by atoms with Crippen LogP contribution in [0.2, 0.25) is 0 Å². The lowest BCUT2D eigenvalue weighted by molar-refractivity contribution is -0.144. The molecule has 0 unspecified atom stereocenters. The number of amides is 1. The van der Waals surface area contributed by atoms with Gasteiger partial charge in [-0.15, -0.1) is 0 Å². The first kappa shape index (κ1) is 29.7. The number of carbonyl (C=O) groups is 2. The van der Waals surface area contributed by atoms with Gasteiger partial charge in [0.05, 0.1) is 13.2 Å². The topological polar surface area (TPSA) is 55.8 Å². The first-order valence-electron chi connectivity index (χ1n) is 13.0. The highest BCUT2D eigenvalue weighted by atomic mass is 16.6. The average molecular weight is 442 g/mol. The van der Waals surface area contributed by atoms with Gasteiger partial charge in [0.15, 0.2) is 0 Å². The summed E-state index contributed by atoms with van der Waals surface area (Å²) in [5.74, 6) is -0.0934. The molecule has 0 saturated heterocycles. The van der Waals surface area contributed by atoms with E-state index in [0.717, 1.165) is 12.8 Å². The molecule has 0 bridgehead atoms. The quantitative estimate of drug-likeness (QED) is 0.136. The Morgan fingerprint density at radius 2 is 1.10 bits per heavy atom.